The molecule has 0 radical (unpaired) electrons. The van der Waals surface area contributed by atoms with Gasteiger partial charge >= 0.3 is 18.2 Å². The Balaban J connectivity index is 1.67. The first-order valence-corrected chi connectivity index (χ1v) is 7.55. The summed E-state index contributed by atoms with van der Waals surface area (Å²) in [7, 11) is 0. The van der Waals surface area contributed by atoms with E-state index in [9.17, 15) is 27.9 Å². The van der Waals surface area contributed by atoms with Gasteiger partial charge in [-0.25, -0.2) is 9.78 Å². The van der Waals surface area contributed by atoms with E-state index in [-0.39, 0.29) is 18.2 Å². The van der Waals surface area contributed by atoms with Crippen molar-refractivity contribution in [1.82, 2.24) is 9.88 Å². The fraction of sp³-hybridized carbons (Fsp3) is 0.533. The summed E-state index contributed by atoms with van der Waals surface area (Å²) < 4.78 is 37.4. The molecular weight excluding hydrogens is 327 g/mol. The molecule has 1 aromatic rings. The Morgan fingerprint density at radius 3 is 2.67 bits per heavy atom. The molecule has 2 fully saturated rings. The molecule has 2 N–H and O–H groups in total. The van der Waals surface area contributed by atoms with Crippen LogP contribution in [0.2, 0.25) is 0 Å². The first-order valence-electron chi connectivity index (χ1n) is 7.55. The first-order chi connectivity index (χ1) is 11.2. The van der Waals surface area contributed by atoms with Gasteiger partial charge in [-0.15, -0.1) is 0 Å². The lowest BCUT2D eigenvalue weighted by Gasteiger charge is -2.23. The molecule has 0 unspecified atom stereocenters. The molecule has 1 saturated carbocycles. The first kappa shape index (κ1) is 16.5. The predicted octanol–water partition coefficient (Wildman–Crippen LogP) is 2.82. The molecule has 3 rings (SSSR count). The van der Waals surface area contributed by atoms with Crippen molar-refractivity contribution in [2.45, 2.75) is 25.4 Å². The molecule has 1 aliphatic carbocycles. The van der Waals surface area contributed by atoms with Crippen LogP contribution < -0.4 is 5.32 Å². The SMILES string of the molecule is O=C(Nc1ccc(C(F)(F)F)nc1)N1C[C@@H]2CCC[C@@]2(C(=O)O)C1. The lowest BCUT2D eigenvalue weighted by molar-refractivity contribution is -0.149. The smallest absolute Gasteiger partial charge is 0.433 e. The molecule has 1 saturated heterocycles. The number of carboxylic acid groups (broad SMARTS) is 1. The topological polar surface area (TPSA) is 82.5 Å². The van der Waals surface area contributed by atoms with Gasteiger partial charge in [-0.2, -0.15) is 13.2 Å². The maximum absolute atomic E-state index is 12.5. The van der Waals surface area contributed by atoms with Gasteiger partial charge in [0.25, 0.3) is 0 Å². The minimum atomic E-state index is -4.54. The number of nitrogens with zero attached hydrogens (tertiary/aromatic N) is 2. The summed E-state index contributed by atoms with van der Waals surface area (Å²) in [4.78, 5) is 28.5. The van der Waals surface area contributed by atoms with Crippen LogP contribution in [0.1, 0.15) is 25.0 Å². The molecule has 0 bridgehead atoms. The number of amides is 2. The summed E-state index contributed by atoms with van der Waals surface area (Å²) in [5, 5.41) is 12.0. The van der Waals surface area contributed by atoms with Crippen molar-refractivity contribution in [3.8, 4) is 0 Å². The summed E-state index contributed by atoms with van der Waals surface area (Å²) in [6.07, 6.45) is -1.47. The highest BCUT2D eigenvalue weighted by Crippen LogP contribution is 2.48. The number of carbonyl (C=O) groups excluding carboxylic acids is 1. The number of carboxylic acids is 1. The van der Waals surface area contributed by atoms with E-state index in [2.05, 4.69) is 10.3 Å². The van der Waals surface area contributed by atoms with Crippen molar-refractivity contribution < 1.29 is 27.9 Å². The summed E-state index contributed by atoms with van der Waals surface area (Å²) in [5.41, 5.74) is -1.80. The van der Waals surface area contributed by atoms with Gasteiger partial charge in [0.2, 0.25) is 0 Å². The van der Waals surface area contributed by atoms with E-state index in [1.807, 2.05) is 0 Å². The number of aliphatic carboxylic acids is 1. The molecule has 2 amide bonds. The van der Waals surface area contributed by atoms with Crippen LogP contribution in [0, 0.1) is 11.3 Å². The standard InChI is InChI=1S/C15H16F3N3O3/c16-15(17,18)11-4-3-10(6-19-11)20-13(24)21-7-9-2-1-5-14(9,8-21)12(22)23/h3-4,6,9H,1-2,5,7-8H2,(H,20,24)(H,22,23)/t9-,14+/m0/s1. The molecule has 130 valence electrons. The van der Waals surface area contributed by atoms with Gasteiger partial charge in [0.15, 0.2) is 0 Å². The number of halogens is 3. The summed E-state index contributed by atoms with van der Waals surface area (Å²) in [5.74, 6) is -0.969. The van der Waals surface area contributed by atoms with Crippen molar-refractivity contribution in [2.24, 2.45) is 11.3 Å². The molecule has 9 heteroatoms. The van der Waals surface area contributed by atoms with E-state index in [4.69, 9.17) is 0 Å². The molecule has 2 atom stereocenters. The minimum absolute atomic E-state index is 0.0773. The Hall–Kier alpha value is -2.32. The fourth-order valence-corrected chi connectivity index (χ4v) is 3.63. The van der Waals surface area contributed by atoms with E-state index < -0.39 is 29.3 Å². The van der Waals surface area contributed by atoms with E-state index in [0.717, 1.165) is 31.2 Å². The lowest BCUT2D eigenvalue weighted by Crippen LogP contribution is -2.38. The van der Waals surface area contributed by atoms with Gasteiger partial charge in [-0.1, -0.05) is 6.42 Å². The normalized spacial score (nSPS) is 26.3. The largest absolute Gasteiger partial charge is 0.481 e. The van der Waals surface area contributed by atoms with Gasteiger partial charge in [0, 0.05) is 13.1 Å². The third-order valence-corrected chi connectivity index (χ3v) is 4.89. The monoisotopic (exact) mass is 343 g/mol. The van der Waals surface area contributed by atoms with Crippen LogP contribution in [0.3, 0.4) is 0 Å². The van der Waals surface area contributed by atoms with Crippen molar-refractivity contribution in [3.63, 3.8) is 0 Å². The maximum Gasteiger partial charge on any atom is 0.433 e. The highest BCUT2D eigenvalue weighted by Gasteiger charge is 2.55. The highest BCUT2D eigenvalue weighted by molar-refractivity contribution is 5.90. The number of anilines is 1. The third kappa shape index (κ3) is 2.78. The number of fused-ring (bicyclic) bond motifs is 1. The molecule has 2 aliphatic rings. The Kier molecular flexibility index (Phi) is 3.89. The number of alkyl halides is 3. The zero-order valence-corrected chi connectivity index (χ0v) is 12.6. The van der Waals surface area contributed by atoms with Gasteiger partial charge in [-0.3, -0.25) is 4.79 Å². The van der Waals surface area contributed by atoms with Crippen LogP contribution in [0.4, 0.5) is 23.7 Å². The number of hydrogen-bond donors (Lipinski definition) is 2. The Morgan fingerprint density at radius 1 is 1.38 bits per heavy atom. The van der Waals surface area contributed by atoms with E-state index in [0.29, 0.717) is 13.0 Å². The van der Waals surface area contributed by atoms with Crippen molar-refractivity contribution in [3.05, 3.63) is 24.0 Å². The number of hydrogen-bond acceptors (Lipinski definition) is 3. The lowest BCUT2D eigenvalue weighted by atomic mass is 9.81. The second kappa shape index (κ2) is 5.64. The van der Waals surface area contributed by atoms with Crippen LogP contribution in [0.15, 0.2) is 18.3 Å². The zero-order chi connectivity index (χ0) is 17.5. The Labute approximate surface area is 135 Å². The summed E-state index contributed by atoms with van der Waals surface area (Å²) >= 11 is 0. The number of pyridine rings is 1. The molecule has 0 aromatic carbocycles. The molecule has 1 aromatic heterocycles. The van der Waals surface area contributed by atoms with Gasteiger partial charge < -0.3 is 15.3 Å². The van der Waals surface area contributed by atoms with Gasteiger partial charge in [0.1, 0.15) is 5.69 Å². The molecule has 0 spiro atoms. The summed E-state index contributed by atoms with van der Waals surface area (Å²) in [6, 6.07) is 1.39. The van der Waals surface area contributed by atoms with Crippen molar-refractivity contribution in [1.29, 1.82) is 0 Å². The molecule has 1 aliphatic heterocycles. The molecule has 24 heavy (non-hydrogen) atoms. The number of aromatic nitrogens is 1. The maximum atomic E-state index is 12.5. The average Bonchev–Trinajstić information content (AvgIpc) is 3.04. The number of carbonyl (C=O) groups is 2. The van der Waals surface area contributed by atoms with Crippen LogP contribution in [0.25, 0.3) is 0 Å². The van der Waals surface area contributed by atoms with E-state index in [1.165, 1.54) is 4.90 Å². The number of urea groups is 1. The van der Waals surface area contributed by atoms with Crippen molar-refractivity contribution >= 4 is 17.7 Å². The quantitative estimate of drug-likeness (QED) is 0.865. The second-order valence-electron chi connectivity index (χ2n) is 6.29. The number of likely N-dealkylation sites (tertiary alicyclic amines) is 1. The van der Waals surface area contributed by atoms with Crippen molar-refractivity contribution in [2.75, 3.05) is 18.4 Å². The predicted molar refractivity (Wildman–Crippen MR) is 77.2 cm³/mol. The number of rotatable bonds is 2. The third-order valence-electron chi connectivity index (χ3n) is 4.89. The highest BCUT2D eigenvalue weighted by atomic mass is 19.4. The minimum Gasteiger partial charge on any atom is -0.481 e. The Bertz CT molecular complexity index is 662. The van der Waals surface area contributed by atoms with Crippen LogP contribution in [-0.2, 0) is 11.0 Å². The van der Waals surface area contributed by atoms with Crippen LogP contribution >= 0.6 is 0 Å². The average molecular weight is 343 g/mol. The zero-order valence-electron chi connectivity index (χ0n) is 12.6. The van der Waals surface area contributed by atoms with Crippen LogP contribution in [-0.4, -0.2) is 40.1 Å². The fourth-order valence-electron chi connectivity index (χ4n) is 3.63. The molecule has 6 nitrogen and oxygen atoms in total. The van der Waals surface area contributed by atoms with Gasteiger partial charge in [-0.05, 0) is 30.9 Å². The number of nitrogens with one attached hydrogen (secondary N) is 1. The van der Waals surface area contributed by atoms with Crippen LogP contribution in [0.5, 0.6) is 0 Å². The Morgan fingerprint density at radius 2 is 2.12 bits per heavy atom. The van der Waals surface area contributed by atoms with E-state index >= 15 is 0 Å². The van der Waals surface area contributed by atoms with E-state index in [1.54, 1.807) is 0 Å². The van der Waals surface area contributed by atoms with Gasteiger partial charge in [0.05, 0.1) is 17.3 Å². The second-order valence-corrected chi connectivity index (χ2v) is 6.29. The molecule has 2 heterocycles. The summed E-state index contributed by atoms with van der Waals surface area (Å²) in [6.45, 7) is 0.457. The molecular formula is C15H16F3N3O3.